The molecule has 1 atom stereocenters. The van der Waals surface area contributed by atoms with Gasteiger partial charge in [0.2, 0.25) is 6.29 Å². The average molecular weight is 360 g/mol. The van der Waals surface area contributed by atoms with Crippen LogP contribution >= 0.6 is 23.2 Å². The molecule has 1 amide bonds. The Morgan fingerprint density at radius 1 is 1.12 bits per heavy atom. The van der Waals surface area contributed by atoms with Crippen molar-refractivity contribution < 1.29 is 4.79 Å². The van der Waals surface area contributed by atoms with Gasteiger partial charge in [-0.1, -0.05) is 35.3 Å². The zero-order valence-electron chi connectivity index (χ0n) is 12.2. The first-order valence-electron chi connectivity index (χ1n) is 7.13. The highest BCUT2D eigenvalue weighted by Crippen LogP contribution is 2.37. The van der Waals surface area contributed by atoms with Gasteiger partial charge < -0.3 is 5.32 Å². The number of para-hydroxylation sites is 1. The van der Waals surface area contributed by atoms with Crippen LogP contribution in [0.15, 0.2) is 55.1 Å². The molecule has 6 nitrogen and oxygen atoms in total. The summed E-state index contributed by atoms with van der Waals surface area (Å²) >= 11 is 12.3. The third-order valence-electron chi connectivity index (χ3n) is 3.76. The standard InChI is InChI=1S/C16H11Cl2N5O/c17-10-5-6-14(12(18)7-10)23-15(24)11-3-1-2-4-13(11)21-16(23)22-9-19-8-20-22/h1-9,16,21H. The van der Waals surface area contributed by atoms with Crippen LogP contribution in [0.3, 0.4) is 0 Å². The van der Waals surface area contributed by atoms with Crippen LogP contribution in [0, 0.1) is 0 Å². The van der Waals surface area contributed by atoms with Gasteiger partial charge in [-0.25, -0.2) is 9.67 Å². The van der Waals surface area contributed by atoms with E-state index in [-0.39, 0.29) is 5.91 Å². The maximum absolute atomic E-state index is 13.1. The molecule has 1 aliphatic rings. The molecule has 0 bridgehead atoms. The smallest absolute Gasteiger partial charge is 0.263 e. The Labute approximate surface area is 147 Å². The highest BCUT2D eigenvalue weighted by atomic mass is 35.5. The van der Waals surface area contributed by atoms with Crippen molar-refractivity contribution in [2.45, 2.75) is 6.29 Å². The number of carbonyl (C=O) groups excluding carboxylic acids is 1. The maximum atomic E-state index is 13.1. The normalized spacial score (nSPS) is 16.7. The number of rotatable bonds is 2. The Morgan fingerprint density at radius 3 is 2.71 bits per heavy atom. The summed E-state index contributed by atoms with van der Waals surface area (Å²) in [7, 11) is 0. The maximum Gasteiger partial charge on any atom is 0.263 e. The molecule has 0 fully saturated rings. The van der Waals surface area contributed by atoms with E-state index < -0.39 is 6.29 Å². The lowest BCUT2D eigenvalue weighted by molar-refractivity contribution is 0.0962. The Balaban J connectivity index is 1.89. The molecule has 3 aromatic rings. The summed E-state index contributed by atoms with van der Waals surface area (Å²) in [6, 6.07) is 12.3. The number of nitrogens with zero attached hydrogens (tertiary/aromatic N) is 4. The lowest BCUT2D eigenvalue weighted by Crippen LogP contribution is -2.46. The second-order valence-corrected chi connectivity index (χ2v) is 6.05. The Kier molecular flexibility index (Phi) is 3.63. The summed E-state index contributed by atoms with van der Waals surface area (Å²) in [6.07, 6.45) is 2.36. The summed E-state index contributed by atoms with van der Waals surface area (Å²) in [5, 5.41) is 8.32. The highest BCUT2D eigenvalue weighted by molar-refractivity contribution is 6.37. The van der Waals surface area contributed by atoms with Gasteiger partial charge in [0.15, 0.2) is 0 Å². The van der Waals surface area contributed by atoms with Gasteiger partial charge in [0, 0.05) is 10.7 Å². The number of anilines is 2. The van der Waals surface area contributed by atoms with Crippen molar-refractivity contribution in [3.63, 3.8) is 0 Å². The van der Waals surface area contributed by atoms with E-state index in [0.717, 1.165) is 5.69 Å². The lowest BCUT2D eigenvalue weighted by atomic mass is 10.1. The van der Waals surface area contributed by atoms with E-state index in [1.807, 2.05) is 18.2 Å². The molecule has 0 saturated carbocycles. The topological polar surface area (TPSA) is 63.1 Å². The first kappa shape index (κ1) is 15.0. The van der Waals surface area contributed by atoms with Crippen LogP contribution in [0.4, 0.5) is 11.4 Å². The summed E-state index contributed by atoms with van der Waals surface area (Å²) in [5.74, 6) is -0.186. The minimum Gasteiger partial charge on any atom is -0.346 e. The largest absolute Gasteiger partial charge is 0.346 e. The summed E-state index contributed by atoms with van der Waals surface area (Å²) in [4.78, 5) is 18.6. The number of nitrogens with one attached hydrogen (secondary N) is 1. The average Bonchev–Trinajstić information content (AvgIpc) is 3.10. The van der Waals surface area contributed by atoms with E-state index in [4.69, 9.17) is 23.2 Å². The fraction of sp³-hybridized carbons (Fsp3) is 0.0625. The predicted molar refractivity (Wildman–Crippen MR) is 92.4 cm³/mol. The van der Waals surface area contributed by atoms with Gasteiger partial charge in [-0.15, -0.1) is 0 Å². The number of fused-ring (bicyclic) bond motifs is 1. The van der Waals surface area contributed by atoms with Crippen LogP contribution in [0.2, 0.25) is 10.0 Å². The van der Waals surface area contributed by atoms with Gasteiger partial charge in [-0.2, -0.15) is 5.10 Å². The second kappa shape index (κ2) is 5.81. The molecular weight excluding hydrogens is 349 g/mol. The van der Waals surface area contributed by atoms with Crippen LogP contribution < -0.4 is 10.2 Å². The molecule has 1 unspecified atom stereocenters. The van der Waals surface area contributed by atoms with Crippen molar-refractivity contribution in [2.24, 2.45) is 0 Å². The van der Waals surface area contributed by atoms with Crippen LogP contribution in [0.25, 0.3) is 0 Å². The first-order chi connectivity index (χ1) is 11.6. The summed E-state index contributed by atoms with van der Waals surface area (Å²) < 4.78 is 1.55. The molecule has 1 aromatic heterocycles. The molecule has 0 radical (unpaired) electrons. The molecule has 0 aliphatic carbocycles. The molecule has 0 saturated heterocycles. The van der Waals surface area contributed by atoms with Gasteiger partial charge in [-0.05, 0) is 30.3 Å². The van der Waals surface area contributed by atoms with Crippen molar-refractivity contribution in [1.29, 1.82) is 0 Å². The minimum atomic E-state index is -0.589. The molecule has 2 aromatic carbocycles. The Morgan fingerprint density at radius 2 is 1.96 bits per heavy atom. The fourth-order valence-electron chi connectivity index (χ4n) is 2.69. The number of amides is 1. The molecule has 4 rings (SSSR count). The van der Waals surface area contributed by atoms with Gasteiger partial charge >= 0.3 is 0 Å². The monoisotopic (exact) mass is 359 g/mol. The molecular formula is C16H11Cl2N5O. The molecule has 0 spiro atoms. The highest BCUT2D eigenvalue weighted by Gasteiger charge is 2.35. The van der Waals surface area contributed by atoms with E-state index in [0.29, 0.717) is 21.3 Å². The number of halogens is 2. The lowest BCUT2D eigenvalue weighted by Gasteiger charge is -2.37. The van der Waals surface area contributed by atoms with Crippen LogP contribution in [0.1, 0.15) is 16.6 Å². The van der Waals surface area contributed by atoms with E-state index in [1.165, 1.54) is 17.6 Å². The number of aromatic nitrogens is 3. The molecule has 2 heterocycles. The fourth-order valence-corrected chi connectivity index (χ4v) is 3.19. The SMILES string of the molecule is O=C1c2ccccc2NC(n2cncn2)N1c1ccc(Cl)cc1Cl. The molecule has 1 aliphatic heterocycles. The zero-order valence-corrected chi connectivity index (χ0v) is 13.7. The van der Waals surface area contributed by atoms with Gasteiger partial charge in [0.1, 0.15) is 12.7 Å². The second-order valence-electron chi connectivity index (χ2n) is 5.21. The van der Waals surface area contributed by atoms with Crippen LogP contribution in [-0.2, 0) is 0 Å². The minimum absolute atomic E-state index is 0.186. The van der Waals surface area contributed by atoms with Gasteiger partial charge in [0.05, 0.1) is 16.3 Å². The third-order valence-corrected chi connectivity index (χ3v) is 4.30. The van der Waals surface area contributed by atoms with Crippen LogP contribution in [-0.4, -0.2) is 20.7 Å². The predicted octanol–water partition coefficient (Wildman–Crippen LogP) is 3.81. The number of hydrogen-bond donors (Lipinski definition) is 1. The number of hydrogen-bond acceptors (Lipinski definition) is 4. The van der Waals surface area contributed by atoms with Gasteiger partial charge in [-0.3, -0.25) is 9.69 Å². The number of benzene rings is 2. The quantitative estimate of drug-likeness (QED) is 0.755. The summed E-state index contributed by atoms with van der Waals surface area (Å²) in [5.41, 5.74) is 1.82. The molecule has 120 valence electrons. The van der Waals surface area contributed by atoms with Crippen molar-refractivity contribution >= 4 is 40.5 Å². The molecule has 24 heavy (non-hydrogen) atoms. The zero-order chi connectivity index (χ0) is 16.7. The third kappa shape index (κ3) is 2.40. The Hall–Kier alpha value is -2.57. The van der Waals surface area contributed by atoms with Crippen molar-refractivity contribution in [2.75, 3.05) is 10.2 Å². The Bertz CT molecular complexity index is 913. The number of carbonyl (C=O) groups is 1. The van der Waals surface area contributed by atoms with E-state index in [9.17, 15) is 4.79 Å². The molecule has 1 N–H and O–H groups in total. The summed E-state index contributed by atoms with van der Waals surface area (Å²) in [6.45, 7) is 0. The van der Waals surface area contributed by atoms with E-state index in [2.05, 4.69) is 15.4 Å². The van der Waals surface area contributed by atoms with E-state index >= 15 is 0 Å². The van der Waals surface area contributed by atoms with Gasteiger partial charge in [0.25, 0.3) is 5.91 Å². The van der Waals surface area contributed by atoms with Crippen molar-refractivity contribution in [3.8, 4) is 0 Å². The van der Waals surface area contributed by atoms with Crippen molar-refractivity contribution in [1.82, 2.24) is 14.8 Å². The van der Waals surface area contributed by atoms with Crippen LogP contribution in [0.5, 0.6) is 0 Å². The van der Waals surface area contributed by atoms with Crippen molar-refractivity contribution in [3.05, 3.63) is 70.7 Å². The van der Waals surface area contributed by atoms with E-state index in [1.54, 1.807) is 28.9 Å². The first-order valence-corrected chi connectivity index (χ1v) is 7.89. The molecule has 8 heteroatoms.